The van der Waals surface area contributed by atoms with Crippen LogP contribution in [0.2, 0.25) is 0 Å². The van der Waals surface area contributed by atoms with E-state index < -0.39 is 17.9 Å². The molecule has 0 aliphatic heterocycles. The molecule has 0 spiro atoms. The van der Waals surface area contributed by atoms with Gasteiger partial charge in [-0.25, -0.2) is 4.79 Å². The number of nitrogens with one attached hydrogen (secondary N) is 1. The lowest BCUT2D eigenvalue weighted by atomic mass is 10.1. The van der Waals surface area contributed by atoms with Crippen LogP contribution in [0.5, 0.6) is 0 Å². The van der Waals surface area contributed by atoms with Crippen molar-refractivity contribution in [2.45, 2.75) is 19.4 Å². The highest BCUT2D eigenvalue weighted by molar-refractivity contribution is 5.94. The van der Waals surface area contributed by atoms with Crippen molar-refractivity contribution in [3.05, 3.63) is 77.4 Å². The lowest BCUT2D eigenvalue weighted by molar-refractivity contribution is -0.141. The molecule has 0 aliphatic rings. The van der Waals surface area contributed by atoms with Gasteiger partial charge in [-0.3, -0.25) is 4.79 Å². The molecule has 0 fully saturated rings. The molecule has 0 heterocycles. The fourth-order valence-corrected chi connectivity index (χ4v) is 2.22. The van der Waals surface area contributed by atoms with Crippen LogP contribution in [0.15, 0.2) is 60.7 Å². The molecule has 0 unspecified atom stereocenters. The zero-order valence-corrected chi connectivity index (χ0v) is 12.9. The highest BCUT2D eigenvalue weighted by Crippen LogP contribution is 2.06. The first-order chi connectivity index (χ1) is 11.0. The van der Waals surface area contributed by atoms with Gasteiger partial charge in [0.25, 0.3) is 0 Å². The number of aryl methyl sites for hydroxylation is 1. The number of benzene rings is 2. The average molecular weight is 309 g/mol. The molecule has 1 amide bonds. The second-order valence-corrected chi connectivity index (χ2v) is 5.34. The lowest BCUT2D eigenvalue weighted by Gasteiger charge is -2.13. The van der Waals surface area contributed by atoms with Crippen molar-refractivity contribution in [2.24, 2.45) is 0 Å². The lowest BCUT2D eigenvalue weighted by Crippen LogP contribution is -2.41. The van der Waals surface area contributed by atoms with E-state index in [0.29, 0.717) is 0 Å². The molecule has 0 aromatic heterocycles. The summed E-state index contributed by atoms with van der Waals surface area (Å²) in [6.45, 7) is 1.97. The maximum Gasteiger partial charge on any atom is 0.326 e. The molecular weight excluding hydrogens is 290 g/mol. The topological polar surface area (TPSA) is 66.4 Å². The minimum Gasteiger partial charge on any atom is -0.480 e. The van der Waals surface area contributed by atoms with E-state index >= 15 is 0 Å². The predicted molar refractivity (Wildman–Crippen MR) is 89.9 cm³/mol. The zero-order chi connectivity index (χ0) is 16.7. The monoisotopic (exact) mass is 309 g/mol. The summed E-state index contributed by atoms with van der Waals surface area (Å²) in [5, 5.41) is 11.8. The van der Waals surface area contributed by atoms with Crippen LogP contribution in [-0.2, 0) is 16.0 Å². The first-order valence-electron chi connectivity index (χ1n) is 7.36. The second kappa shape index (κ2) is 7.94. The number of amides is 1. The number of carbonyl (C=O) groups is 2. The Bertz CT molecular complexity index is 708. The molecule has 23 heavy (non-hydrogen) atoms. The number of carboxylic acid groups (broad SMARTS) is 1. The maximum absolute atomic E-state index is 11.9. The zero-order valence-electron chi connectivity index (χ0n) is 12.9. The molecule has 2 rings (SSSR count). The summed E-state index contributed by atoms with van der Waals surface area (Å²) in [4.78, 5) is 23.3. The van der Waals surface area contributed by atoms with Crippen molar-refractivity contribution in [3.8, 4) is 0 Å². The Morgan fingerprint density at radius 1 is 1.13 bits per heavy atom. The number of carboxylic acids is 1. The van der Waals surface area contributed by atoms with E-state index in [1.165, 1.54) is 6.08 Å². The van der Waals surface area contributed by atoms with Crippen LogP contribution in [0.25, 0.3) is 6.08 Å². The molecule has 2 N–H and O–H groups in total. The number of aliphatic carboxylic acids is 1. The third-order valence-corrected chi connectivity index (χ3v) is 3.37. The maximum atomic E-state index is 11.9. The third-order valence-electron chi connectivity index (χ3n) is 3.37. The fourth-order valence-electron chi connectivity index (χ4n) is 2.22. The van der Waals surface area contributed by atoms with Crippen LogP contribution in [0, 0.1) is 6.92 Å². The van der Waals surface area contributed by atoms with E-state index in [1.54, 1.807) is 6.08 Å². The summed E-state index contributed by atoms with van der Waals surface area (Å²) in [5.41, 5.74) is 2.86. The van der Waals surface area contributed by atoms with Gasteiger partial charge in [0.1, 0.15) is 6.04 Å². The fraction of sp³-hybridized carbons (Fsp3) is 0.158. The smallest absolute Gasteiger partial charge is 0.326 e. The van der Waals surface area contributed by atoms with Gasteiger partial charge in [-0.1, -0.05) is 60.2 Å². The minimum absolute atomic E-state index is 0.250. The molecule has 0 saturated heterocycles. The Balaban J connectivity index is 1.99. The number of hydrogen-bond acceptors (Lipinski definition) is 2. The van der Waals surface area contributed by atoms with E-state index in [9.17, 15) is 14.7 Å². The van der Waals surface area contributed by atoms with E-state index in [4.69, 9.17) is 0 Å². The standard InChI is InChI=1S/C19H19NO3/c1-14-6-5-9-16(12-14)10-11-18(21)20-17(19(22)23)13-15-7-3-2-4-8-15/h2-12,17H,13H2,1H3,(H,20,21)(H,22,23)/b11-10+/t17-/m0/s1. The second-order valence-electron chi connectivity index (χ2n) is 5.34. The van der Waals surface area contributed by atoms with E-state index in [0.717, 1.165) is 16.7 Å². The van der Waals surface area contributed by atoms with Crippen LogP contribution in [-0.4, -0.2) is 23.0 Å². The van der Waals surface area contributed by atoms with Gasteiger partial charge in [0.15, 0.2) is 0 Å². The van der Waals surface area contributed by atoms with Crippen molar-refractivity contribution >= 4 is 18.0 Å². The molecule has 4 heteroatoms. The molecular formula is C19H19NO3. The van der Waals surface area contributed by atoms with Crippen molar-refractivity contribution < 1.29 is 14.7 Å². The van der Waals surface area contributed by atoms with Crippen molar-refractivity contribution in [1.29, 1.82) is 0 Å². The SMILES string of the molecule is Cc1cccc(/C=C/C(=O)N[C@@H](Cc2ccccc2)C(=O)O)c1. The molecule has 0 aliphatic carbocycles. The summed E-state index contributed by atoms with van der Waals surface area (Å²) < 4.78 is 0. The first kappa shape index (κ1) is 16.5. The van der Waals surface area contributed by atoms with Crippen LogP contribution in [0.4, 0.5) is 0 Å². The molecule has 1 atom stereocenters. The van der Waals surface area contributed by atoms with Crippen LogP contribution in [0.3, 0.4) is 0 Å². The summed E-state index contributed by atoms with van der Waals surface area (Å²) >= 11 is 0. The normalized spacial score (nSPS) is 12.0. The van der Waals surface area contributed by atoms with E-state index in [1.807, 2.05) is 61.5 Å². The third kappa shape index (κ3) is 5.43. The Labute approximate surface area is 135 Å². The molecule has 0 saturated carbocycles. The van der Waals surface area contributed by atoms with Gasteiger partial charge >= 0.3 is 5.97 Å². The highest BCUT2D eigenvalue weighted by Gasteiger charge is 2.19. The van der Waals surface area contributed by atoms with Gasteiger partial charge in [-0.2, -0.15) is 0 Å². The molecule has 2 aromatic carbocycles. The van der Waals surface area contributed by atoms with E-state index in [2.05, 4.69) is 5.32 Å². The first-order valence-corrected chi connectivity index (χ1v) is 7.36. The Morgan fingerprint density at radius 2 is 1.87 bits per heavy atom. The van der Waals surface area contributed by atoms with Crippen LogP contribution in [0.1, 0.15) is 16.7 Å². The molecule has 4 nitrogen and oxygen atoms in total. The quantitative estimate of drug-likeness (QED) is 0.806. The summed E-state index contributed by atoms with van der Waals surface area (Å²) in [5.74, 6) is -1.47. The minimum atomic E-state index is -1.05. The Hall–Kier alpha value is -2.88. The van der Waals surface area contributed by atoms with Gasteiger partial charge in [-0.05, 0) is 24.1 Å². The summed E-state index contributed by atoms with van der Waals surface area (Å²) in [6, 6.07) is 16.0. The van der Waals surface area contributed by atoms with Gasteiger partial charge in [0, 0.05) is 12.5 Å². The Morgan fingerprint density at radius 3 is 2.52 bits per heavy atom. The predicted octanol–water partition coefficient (Wildman–Crippen LogP) is 2.82. The molecule has 118 valence electrons. The Kier molecular flexibility index (Phi) is 5.69. The van der Waals surface area contributed by atoms with Gasteiger partial charge < -0.3 is 10.4 Å². The van der Waals surface area contributed by atoms with Crippen molar-refractivity contribution in [3.63, 3.8) is 0 Å². The van der Waals surface area contributed by atoms with Gasteiger partial charge in [0.05, 0.1) is 0 Å². The molecule has 0 radical (unpaired) electrons. The summed E-state index contributed by atoms with van der Waals surface area (Å²) in [6.07, 6.45) is 3.28. The van der Waals surface area contributed by atoms with Crippen molar-refractivity contribution in [1.82, 2.24) is 5.32 Å². The average Bonchev–Trinajstić information content (AvgIpc) is 2.53. The summed E-state index contributed by atoms with van der Waals surface area (Å²) in [7, 11) is 0. The molecule has 0 bridgehead atoms. The molecule has 2 aromatic rings. The number of rotatable bonds is 6. The number of carbonyl (C=O) groups excluding carboxylic acids is 1. The van der Waals surface area contributed by atoms with Gasteiger partial charge in [0.2, 0.25) is 5.91 Å². The largest absolute Gasteiger partial charge is 0.480 e. The highest BCUT2D eigenvalue weighted by atomic mass is 16.4. The number of hydrogen-bond donors (Lipinski definition) is 2. The van der Waals surface area contributed by atoms with Crippen LogP contribution < -0.4 is 5.32 Å². The van der Waals surface area contributed by atoms with E-state index in [-0.39, 0.29) is 6.42 Å². The van der Waals surface area contributed by atoms with Crippen LogP contribution >= 0.6 is 0 Å². The van der Waals surface area contributed by atoms with Crippen molar-refractivity contribution in [2.75, 3.05) is 0 Å². The van der Waals surface area contributed by atoms with Gasteiger partial charge in [-0.15, -0.1) is 0 Å².